The Morgan fingerprint density at radius 3 is 2.41 bits per heavy atom. The van der Waals surface area contributed by atoms with Gasteiger partial charge in [-0.1, -0.05) is 45.9 Å². The summed E-state index contributed by atoms with van der Waals surface area (Å²) in [7, 11) is 0. The van der Waals surface area contributed by atoms with Crippen molar-refractivity contribution in [1.29, 1.82) is 0 Å². The zero-order valence-electron chi connectivity index (χ0n) is 14.3. The minimum Gasteiger partial charge on any atom is -0.462 e. The fourth-order valence-electron chi connectivity index (χ4n) is 2.22. The van der Waals surface area contributed by atoms with Gasteiger partial charge in [0.25, 0.3) is 0 Å². The summed E-state index contributed by atoms with van der Waals surface area (Å²) in [5.74, 6) is 0.363. The number of esters is 1. The summed E-state index contributed by atoms with van der Waals surface area (Å²) in [6.45, 7) is 12.1. The summed E-state index contributed by atoms with van der Waals surface area (Å²) < 4.78 is 5.39. The second-order valence-electron chi connectivity index (χ2n) is 5.75. The van der Waals surface area contributed by atoms with Gasteiger partial charge in [-0.25, -0.2) is 4.79 Å². The number of hydrogen-bond donors (Lipinski definition) is 0. The van der Waals surface area contributed by atoms with E-state index in [2.05, 4.69) is 32.6 Å². The number of ether oxygens (including phenoxy) is 1. The molecule has 0 atom stereocenters. The Hall–Kier alpha value is -1.06. The molecule has 0 amide bonds. The van der Waals surface area contributed by atoms with E-state index in [0.717, 1.165) is 38.0 Å². The lowest BCUT2D eigenvalue weighted by atomic mass is 10.0. The second-order valence-corrected chi connectivity index (χ2v) is 5.75. The highest BCUT2D eigenvalue weighted by atomic mass is 35.5. The van der Waals surface area contributed by atoms with Gasteiger partial charge >= 0.3 is 5.97 Å². The summed E-state index contributed by atoms with van der Waals surface area (Å²) in [6.07, 6.45) is 1.80. The van der Waals surface area contributed by atoms with Crippen molar-refractivity contribution >= 4 is 18.4 Å². The van der Waals surface area contributed by atoms with E-state index in [1.807, 2.05) is 24.3 Å². The van der Waals surface area contributed by atoms with Gasteiger partial charge in [0.2, 0.25) is 0 Å². The van der Waals surface area contributed by atoms with Crippen molar-refractivity contribution in [2.45, 2.75) is 40.5 Å². The van der Waals surface area contributed by atoms with E-state index in [0.29, 0.717) is 18.1 Å². The molecule has 0 heterocycles. The quantitative estimate of drug-likeness (QED) is 0.637. The smallest absolute Gasteiger partial charge is 0.338 e. The topological polar surface area (TPSA) is 29.5 Å². The molecule has 4 heteroatoms. The molecular weight excluding hydrogens is 298 g/mol. The van der Waals surface area contributed by atoms with Crippen molar-refractivity contribution < 1.29 is 9.53 Å². The summed E-state index contributed by atoms with van der Waals surface area (Å²) >= 11 is 0. The van der Waals surface area contributed by atoms with Crippen molar-refractivity contribution in [3.63, 3.8) is 0 Å². The van der Waals surface area contributed by atoms with Crippen LogP contribution in [0.2, 0.25) is 0 Å². The van der Waals surface area contributed by atoms with Gasteiger partial charge in [0, 0.05) is 6.54 Å². The maximum atomic E-state index is 12.2. The van der Waals surface area contributed by atoms with Crippen molar-refractivity contribution in [2.75, 3.05) is 26.2 Å². The first kappa shape index (κ1) is 20.9. The van der Waals surface area contributed by atoms with E-state index in [-0.39, 0.29) is 18.4 Å². The van der Waals surface area contributed by atoms with Crippen LogP contribution in [0.4, 0.5) is 0 Å². The van der Waals surface area contributed by atoms with Gasteiger partial charge in [-0.15, -0.1) is 12.4 Å². The van der Waals surface area contributed by atoms with E-state index in [9.17, 15) is 4.79 Å². The zero-order valence-corrected chi connectivity index (χ0v) is 15.1. The van der Waals surface area contributed by atoms with Crippen LogP contribution in [0, 0.1) is 5.92 Å². The molecule has 1 aromatic rings. The molecule has 0 saturated heterocycles. The van der Waals surface area contributed by atoms with E-state index >= 15 is 0 Å². The standard InChI is InChI=1S/C18H29NO2.ClH/c1-5-19(6-2)13-11-16-9-7-8-10-17(16)18(20)21-14-12-15(3)4;/h7-10,15H,5-6,11-14H2,1-4H3;1H. The van der Waals surface area contributed by atoms with Crippen LogP contribution in [0.25, 0.3) is 0 Å². The van der Waals surface area contributed by atoms with Gasteiger partial charge in [0.1, 0.15) is 0 Å². The molecule has 0 bridgehead atoms. The predicted molar refractivity (Wildman–Crippen MR) is 94.9 cm³/mol. The zero-order chi connectivity index (χ0) is 15.7. The third kappa shape index (κ3) is 7.28. The Bertz CT molecular complexity index is 431. The molecule has 0 aliphatic heterocycles. The molecule has 0 N–H and O–H groups in total. The Labute approximate surface area is 141 Å². The van der Waals surface area contributed by atoms with E-state index < -0.39 is 0 Å². The Morgan fingerprint density at radius 2 is 1.82 bits per heavy atom. The van der Waals surface area contributed by atoms with Crippen LogP contribution < -0.4 is 0 Å². The summed E-state index contributed by atoms with van der Waals surface area (Å²) in [6, 6.07) is 7.79. The lowest BCUT2D eigenvalue weighted by Crippen LogP contribution is -2.26. The number of hydrogen-bond acceptors (Lipinski definition) is 3. The second kappa shape index (κ2) is 11.5. The molecule has 0 radical (unpaired) electrons. The SMILES string of the molecule is CCN(CC)CCc1ccccc1C(=O)OCCC(C)C.Cl. The number of nitrogens with zero attached hydrogens (tertiary/aromatic N) is 1. The van der Waals surface area contributed by atoms with Gasteiger partial charge in [-0.05, 0) is 43.5 Å². The summed E-state index contributed by atoms with van der Waals surface area (Å²) in [5, 5.41) is 0. The monoisotopic (exact) mass is 327 g/mol. The van der Waals surface area contributed by atoms with Crippen molar-refractivity contribution in [3.8, 4) is 0 Å². The molecule has 0 unspecified atom stereocenters. The molecule has 22 heavy (non-hydrogen) atoms. The molecular formula is C18H30ClNO2. The lowest BCUT2D eigenvalue weighted by Gasteiger charge is -2.18. The highest BCUT2D eigenvalue weighted by Crippen LogP contribution is 2.12. The number of benzene rings is 1. The van der Waals surface area contributed by atoms with Gasteiger partial charge in [0.15, 0.2) is 0 Å². The normalized spacial score (nSPS) is 10.6. The van der Waals surface area contributed by atoms with Crippen LogP contribution in [0.3, 0.4) is 0 Å². The molecule has 1 rings (SSSR count). The molecule has 0 spiro atoms. The largest absolute Gasteiger partial charge is 0.462 e. The van der Waals surface area contributed by atoms with Gasteiger partial charge in [-0.3, -0.25) is 0 Å². The number of rotatable bonds is 9. The maximum Gasteiger partial charge on any atom is 0.338 e. The van der Waals surface area contributed by atoms with Crippen molar-refractivity contribution in [1.82, 2.24) is 4.90 Å². The third-order valence-electron chi connectivity index (χ3n) is 3.76. The Morgan fingerprint density at radius 1 is 1.18 bits per heavy atom. The highest BCUT2D eigenvalue weighted by Gasteiger charge is 2.13. The lowest BCUT2D eigenvalue weighted by molar-refractivity contribution is 0.0486. The first-order valence-corrected chi connectivity index (χ1v) is 8.05. The molecule has 0 aliphatic rings. The molecule has 1 aromatic carbocycles. The molecule has 0 saturated carbocycles. The Balaban J connectivity index is 0.00000441. The van der Waals surface area contributed by atoms with Crippen LogP contribution >= 0.6 is 12.4 Å². The molecule has 126 valence electrons. The average Bonchev–Trinajstić information content (AvgIpc) is 2.48. The molecule has 0 fully saturated rings. The first-order valence-electron chi connectivity index (χ1n) is 8.05. The van der Waals surface area contributed by atoms with Gasteiger partial charge < -0.3 is 9.64 Å². The fourth-order valence-corrected chi connectivity index (χ4v) is 2.22. The van der Waals surface area contributed by atoms with Crippen LogP contribution in [0.1, 0.15) is 50.0 Å². The number of carbonyl (C=O) groups excluding carboxylic acids is 1. The molecule has 3 nitrogen and oxygen atoms in total. The maximum absolute atomic E-state index is 12.2. The van der Waals surface area contributed by atoms with Gasteiger partial charge in [0.05, 0.1) is 12.2 Å². The number of halogens is 1. The Kier molecular flexibility index (Phi) is 10.9. The minimum absolute atomic E-state index is 0. The fraction of sp³-hybridized carbons (Fsp3) is 0.611. The summed E-state index contributed by atoms with van der Waals surface area (Å²) in [4.78, 5) is 14.6. The van der Waals surface area contributed by atoms with E-state index in [1.165, 1.54) is 0 Å². The number of carbonyl (C=O) groups is 1. The van der Waals surface area contributed by atoms with Crippen molar-refractivity contribution in [2.24, 2.45) is 5.92 Å². The van der Waals surface area contributed by atoms with Crippen LogP contribution in [-0.4, -0.2) is 37.1 Å². The highest BCUT2D eigenvalue weighted by molar-refractivity contribution is 5.91. The predicted octanol–water partition coefficient (Wildman–Crippen LogP) is 4.20. The van der Waals surface area contributed by atoms with Gasteiger partial charge in [-0.2, -0.15) is 0 Å². The summed E-state index contributed by atoms with van der Waals surface area (Å²) in [5.41, 5.74) is 1.80. The van der Waals surface area contributed by atoms with Crippen LogP contribution in [0.5, 0.6) is 0 Å². The average molecular weight is 328 g/mol. The van der Waals surface area contributed by atoms with E-state index in [4.69, 9.17) is 4.74 Å². The molecule has 0 aliphatic carbocycles. The van der Waals surface area contributed by atoms with E-state index in [1.54, 1.807) is 0 Å². The molecule has 0 aromatic heterocycles. The third-order valence-corrected chi connectivity index (χ3v) is 3.76. The van der Waals surface area contributed by atoms with Crippen molar-refractivity contribution in [3.05, 3.63) is 35.4 Å². The number of likely N-dealkylation sites (N-methyl/N-ethyl adjacent to an activating group) is 1. The first-order chi connectivity index (χ1) is 10.1. The van der Waals surface area contributed by atoms with Crippen LogP contribution in [0.15, 0.2) is 24.3 Å². The minimum atomic E-state index is -0.189. The van der Waals surface area contributed by atoms with Crippen LogP contribution in [-0.2, 0) is 11.2 Å².